The van der Waals surface area contributed by atoms with Crippen LogP contribution in [0.1, 0.15) is 30.9 Å². The number of benzene rings is 2. The van der Waals surface area contributed by atoms with Gasteiger partial charge in [0.1, 0.15) is 5.82 Å². The van der Waals surface area contributed by atoms with E-state index in [1.807, 2.05) is 52.1 Å². The summed E-state index contributed by atoms with van der Waals surface area (Å²) in [5.41, 5.74) is 4.22. The first-order valence-electron chi connectivity index (χ1n) is 11.6. The molecule has 2 fully saturated rings. The van der Waals surface area contributed by atoms with Crippen molar-refractivity contribution in [3.63, 3.8) is 0 Å². The first-order valence-corrected chi connectivity index (χ1v) is 11.6. The predicted molar refractivity (Wildman–Crippen MR) is 128 cm³/mol. The minimum atomic E-state index is -0.382. The number of hydrogen-bond acceptors (Lipinski definition) is 3. The second kappa shape index (κ2) is 8.59. The van der Waals surface area contributed by atoms with Gasteiger partial charge in [-0.3, -0.25) is 14.8 Å². The number of aryl methyl sites for hydroxylation is 1. The third-order valence-electron chi connectivity index (χ3n) is 7.27. The number of likely N-dealkylation sites (tertiary alicyclic amines) is 1. The molecule has 8 heteroatoms. The van der Waals surface area contributed by atoms with Crippen molar-refractivity contribution in [2.75, 3.05) is 24.5 Å². The maximum absolute atomic E-state index is 13.8. The van der Waals surface area contributed by atoms with Crippen molar-refractivity contribution in [2.24, 2.45) is 0 Å². The van der Waals surface area contributed by atoms with Gasteiger partial charge >= 0.3 is 6.03 Å². The highest BCUT2D eigenvalue weighted by molar-refractivity contribution is 5.95. The first kappa shape index (κ1) is 22.1. The Hall–Kier alpha value is -3.68. The maximum Gasteiger partial charge on any atom is 0.325 e. The third-order valence-corrected chi connectivity index (χ3v) is 7.27. The molecule has 3 amide bonds. The Balaban J connectivity index is 1.45. The van der Waals surface area contributed by atoms with E-state index in [0.717, 1.165) is 27.9 Å². The minimum Gasteiger partial charge on any atom is -0.343 e. The minimum absolute atomic E-state index is 0.0592. The molecule has 34 heavy (non-hydrogen) atoms. The van der Waals surface area contributed by atoms with Crippen LogP contribution in [0.5, 0.6) is 0 Å². The van der Waals surface area contributed by atoms with Crippen molar-refractivity contribution in [3.05, 3.63) is 71.8 Å². The Kier molecular flexibility index (Phi) is 5.59. The Labute approximate surface area is 198 Å². The lowest BCUT2D eigenvalue weighted by Crippen LogP contribution is -2.54. The fourth-order valence-corrected chi connectivity index (χ4v) is 5.15. The fraction of sp³-hybridized carbons (Fsp3) is 0.346. The van der Waals surface area contributed by atoms with Crippen molar-refractivity contribution in [1.29, 1.82) is 0 Å². The van der Waals surface area contributed by atoms with E-state index in [1.165, 1.54) is 12.1 Å². The van der Waals surface area contributed by atoms with Gasteiger partial charge in [0.2, 0.25) is 5.91 Å². The van der Waals surface area contributed by atoms with E-state index in [9.17, 15) is 14.0 Å². The summed E-state index contributed by atoms with van der Waals surface area (Å²) < 4.78 is 13.7. The molecule has 176 valence electrons. The molecule has 1 aromatic heterocycles. The number of amides is 3. The summed E-state index contributed by atoms with van der Waals surface area (Å²) in [6, 6.07) is 12.6. The molecule has 3 heterocycles. The number of nitrogens with one attached hydrogen (secondary N) is 1. The standard InChI is InChI=1S/C26H28FN5O2/c1-18-13-23(27)6-3-21(18)16-32-25(34)31(17-26(32)9-11-30(12-10-26)19(2)33)24-7-4-20(5-8-24)22-14-28-29-15-22/h3-8,13-15H,9-12,16-17H2,1-2H3,(H,28,29). The SMILES string of the molecule is CC(=O)N1CCC2(CC1)CN(c1ccc(-c3cn[nH]c3)cc1)C(=O)N2Cc1ccc(F)cc1C. The average molecular weight is 462 g/mol. The Bertz CT molecular complexity index is 1200. The van der Waals surface area contributed by atoms with Crippen LogP contribution in [0.15, 0.2) is 54.9 Å². The lowest BCUT2D eigenvalue weighted by atomic mass is 9.86. The summed E-state index contributed by atoms with van der Waals surface area (Å²) in [4.78, 5) is 31.3. The number of urea groups is 1. The molecule has 0 aliphatic carbocycles. The third kappa shape index (κ3) is 3.93. The summed E-state index contributed by atoms with van der Waals surface area (Å²) in [5, 5.41) is 6.82. The summed E-state index contributed by atoms with van der Waals surface area (Å²) in [6.07, 6.45) is 5.02. The lowest BCUT2D eigenvalue weighted by molar-refractivity contribution is -0.131. The van der Waals surface area contributed by atoms with Crippen LogP contribution >= 0.6 is 0 Å². The number of hydrogen-bond donors (Lipinski definition) is 1. The summed E-state index contributed by atoms with van der Waals surface area (Å²) in [7, 11) is 0. The van der Waals surface area contributed by atoms with Crippen LogP contribution in [-0.4, -0.2) is 57.1 Å². The van der Waals surface area contributed by atoms with Gasteiger partial charge in [-0.05, 0) is 60.7 Å². The van der Waals surface area contributed by atoms with Gasteiger partial charge in [-0.25, -0.2) is 9.18 Å². The van der Waals surface area contributed by atoms with Crippen LogP contribution in [0.25, 0.3) is 11.1 Å². The van der Waals surface area contributed by atoms with Crippen molar-refractivity contribution >= 4 is 17.6 Å². The molecule has 0 atom stereocenters. The van der Waals surface area contributed by atoms with E-state index in [0.29, 0.717) is 39.0 Å². The van der Waals surface area contributed by atoms with Gasteiger partial charge in [-0.1, -0.05) is 18.2 Å². The maximum atomic E-state index is 13.8. The van der Waals surface area contributed by atoms with Crippen molar-refractivity contribution < 1.29 is 14.0 Å². The molecule has 2 saturated heterocycles. The highest BCUT2D eigenvalue weighted by Crippen LogP contribution is 2.40. The number of carbonyl (C=O) groups excluding carboxylic acids is 2. The molecule has 0 unspecified atom stereocenters. The highest BCUT2D eigenvalue weighted by Gasteiger charge is 2.51. The molecule has 0 radical (unpaired) electrons. The molecule has 0 saturated carbocycles. The number of aromatic nitrogens is 2. The monoisotopic (exact) mass is 461 g/mol. The average Bonchev–Trinajstić information content (AvgIpc) is 3.45. The molecule has 1 N–H and O–H groups in total. The molecule has 0 bridgehead atoms. The van der Waals surface area contributed by atoms with E-state index < -0.39 is 0 Å². The van der Waals surface area contributed by atoms with Gasteiger partial charge < -0.3 is 9.80 Å². The molecule has 7 nitrogen and oxygen atoms in total. The van der Waals surface area contributed by atoms with Crippen molar-refractivity contribution in [1.82, 2.24) is 20.0 Å². The molecule has 3 aromatic rings. The Morgan fingerprint density at radius 3 is 2.47 bits per heavy atom. The van der Waals surface area contributed by atoms with E-state index in [-0.39, 0.29) is 23.3 Å². The number of anilines is 1. The predicted octanol–water partition coefficient (Wildman–Crippen LogP) is 4.35. The zero-order valence-corrected chi connectivity index (χ0v) is 19.4. The summed E-state index contributed by atoms with van der Waals surface area (Å²) in [5.74, 6) is -0.218. The van der Waals surface area contributed by atoms with Crippen LogP contribution in [0, 0.1) is 12.7 Å². The molecular formula is C26H28FN5O2. The number of rotatable bonds is 4. The van der Waals surface area contributed by atoms with Gasteiger partial charge in [-0.2, -0.15) is 5.10 Å². The number of H-pyrrole nitrogens is 1. The van der Waals surface area contributed by atoms with E-state index in [2.05, 4.69) is 10.2 Å². The number of nitrogens with zero attached hydrogens (tertiary/aromatic N) is 4. The van der Waals surface area contributed by atoms with E-state index in [4.69, 9.17) is 0 Å². The molecule has 2 aromatic carbocycles. The Morgan fingerprint density at radius 2 is 1.85 bits per heavy atom. The fourth-order valence-electron chi connectivity index (χ4n) is 5.15. The normalized spacial score (nSPS) is 17.6. The largest absolute Gasteiger partial charge is 0.343 e. The van der Waals surface area contributed by atoms with Gasteiger partial charge in [-0.15, -0.1) is 0 Å². The van der Waals surface area contributed by atoms with Gasteiger partial charge in [0.05, 0.1) is 18.3 Å². The second-order valence-corrected chi connectivity index (χ2v) is 9.29. The first-order chi connectivity index (χ1) is 16.4. The van der Waals surface area contributed by atoms with Crippen LogP contribution in [0.4, 0.5) is 14.9 Å². The number of aromatic amines is 1. The molecule has 2 aliphatic rings. The molecule has 5 rings (SSSR count). The quantitative estimate of drug-likeness (QED) is 0.628. The second-order valence-electron chi connectivity index (χ2n) is 9.29. The zero-order chi connectivity index (χ0) is 23.9. The molecule has 1 spiro atoms. The number of carbonyl (C=O) groups is 2. The van der Waals surface area contributed by atoms with E-state index in [1.54, 1.807) is 19.2 Å². The van der Waals surface area contributed by atoms with Gasteiger partial charge in [0.25, 0.3) is 0 Å². The smallest absolute Gasteiger partial charge is 0.325 e. The van der Waals surface area contributed by atoms with Crippen LogP contribution in [0.3, 0.4) is 0 Å². The van der Waals surface area contributed by atoms with Crippen molar-refractivity contribution in [2.45, 2.75) is 38.8 Å². The lowest BCUT2D eigenvalue weighted by Gasteiger charge is -2.43. The van der Waals surface area contributed by atoms with Crippen LogP contribution < -0.4 is 4.90 Å². The summed E-state index contributed by atoms with van der Waals surface area (Å²) in [6.45, 7) is 5.67. The Morgan fingerprint density at radius 1 is 1.12 bits per heavy atom. The van der Waals surface area contributed by atoms with Gasteiger partial charge in [0, 0.05) is 44.0 Å². The van der Waals surface area contributed by atoms with Crippen LogP contribution in [-0.2, 0) is 11.3 Å². The highest BCUT2D eigenvalue weighted by atomic mass is 19.1. The topological polar surface area (TPSA) is 72.5 Å². The molecule has 2 aliphatic heterocycles. The number of halogens is 1. The van der Waals surface area contributed by atoms with Crippen LogP contribution in [0.2, 0.25) is 0 Å². The summed E-state index contributed by atoms with van der Waals surface area (Å²) >= 11 is 0. The molecular weight excluding hydrogens is 433 g/mol. The number of piperidine rings is 1. The van der Waals surface area contributed by atoms with Crippen molar-refractivity contribution in [3.8, 4) is 11.1 Å². The van der Waals surface area contributed by atoms with Gasteiger partial charge in [0.15, 0.2) is 0 Å². The zero-order valence-electron chi connectivity index (χ0n) is 19.4. The van der Waals surface area contributed by atoms with E-state index >= 15 is 0 Å².